The molecule has 0 bridgehead atoms. The van der Waals surface area contributed by atoms with Crippen LogP contribution in [0, 0.1) is 0 Å². The van der Waals surface area contributed by atoms with Crippen molar-refractivity contribution in [2.45, 2.75) is 57.0 Å². The summed E-state index contributed by atoms with van der Waals surface area (Å²) in [6.07, 6.45) is -2.49. The summed E-state index contributed by atoms with van der Waals surface area (Å²) in [6, 6.07) is 7.91. The third-order valence-corrected chi connectivity index (χ3v) is 8.40. The van der Waals surface area contributed by atoms with E-state index in [2.05, 4.69) is 6.58 Å². The van der Waals surface area contributed by atoms with Gasteiger partial charge in [-0.2, -0.15) is 0 Å². The van der Waals surface area contributed by atoms with Crippen LogP contribution in [0.15, 0.2) is 43.0 Å². The van der Waals surface area contributed by atoms with Gasteiger partial charge in [-0.15, -0.1) is 6.58 Å². The van der Waals surface area contributed by atoms with E-state index in [4.69, 9.17) is 65.4 Å². The molecule has 0 radical (unpaired) electrons. The summed E-state index contributed by atoms with van der Waals surface area (Å²) < 4.78 is 23.3. The molecule has 2 aliphatic heterocycles. The van der Waals surface area contributed by atoms with E-state index < -0.39 is 48.4 Å². The lowest BCUT2D eigenvalue weighted by Crippen LogP contribution is -2.66. The number of imide groups is 1. The topological polar surface area (TPSA) is 112 Å². The highest BCUT2D eigenvalue weighted by atomic mass is 35.5. The fourth-order valence-corrected chi connectivity index (χ4v) is 5.72. The van der Waals surface area contributed by atoms with Gasteiger partial charge in [0.15, 0.2) is 12.4 Å². The van der Waals surface area contributed by atoms with Crippen LogP contribution in [0.25, 0.3) is 0 Å². The monoisotopic (exact) mass is 645 g/mol. The standard InChI is InChI=1S/C28H27Cl4NO8/c1-3-4-8-11-39-28-23(33-26(36)17-18(27(33)37)20(30)22(32)21(31)19(17)29)25(40-14(2)34)24(35)16(41-28)13-38-12-15-9-6-5-7-10-15/h3,5-7,9-10,16,23-25,28,35H,1,4,8,11-13H2,2H3/t16-,23-,24-,25-,28-/m1/s1. The van der Waals surface area contributed by atoms with Gasteiger partial charge in [-0.05, 0) is 18.4 Å². The van der Waals surface area contributed by atoms with Crippen molar-refractivity contribution in [3.05, 3.63) is 79.8 Å². The minimum atomic E-state index is -1.52. The molecule has 1 N–H and O–H groups in total. The number of benzene rings is 2. The number of halogens is 4. The SMILES string of the molecule is C=CCCCO[C@@H]1O[C@H](COCc2ccccc2)[C@@H](O)[C@H](OC(C)=O)[C@H]1N1C(=O)c2c(Cl)c(Cl)c(Cl)c(Cl)c2C1=O. The Morgan fingerprint density at radius 1 is 1.05 bits per heavy atom. The molecule has 0 aliphatic carbocycles. The zero-order valence-corrected chi connectivity index (χ0v) is 24.9. The molecule has 9 nitrogen and oxygen atoms in total. The fraction of sp³-hybridized carbons (Fsp3) is 0.393. The Hall–Kier alpha value is -2.21. The van der Waals surface area contributed by atoms with Crippen LogP contribution < -0.4 is 0 Å². The Bertz CT molecular complexity index is 1280. The number of esters is 1. The fourth-order valence-electron chi connectivity index (χ4n) is 4.71. The molecule has 2 aromatic rings. The maximum Gasteiger partial charge on any atom is 0.303 e. The van der Waals surface area contributed by atoms with Crippen molar-refractivity contribution in [2.24, 2.45) is 0 Å². The molecule has 2 aromatic carbocycles. The zero-order chi connectivity index (χ0) is 29.8. The number of aliphatic hydroxyl groups excluding tert-OH is 1. The summed E-state index contributed by atoms with van der Waals surface area (Å²) >= 11 is 25.0. The molecule has 0 saturated carbocycles. The van der Waals surface area contributed by atoms with Crippen molar-refractivity contribution in [3.8, 4) is 0 Å². The Labute approximate surface area is 256 Å². The second-order valence-electron chi connectivity index (χ2n) is 9.39. The highest BCUT2D eigenvalue weighted by molar-refractivity contribution is 6.55. The molecule has 220 valence electrons. The van der Waals surface area contributed by atoms with Crippen LogP contribution in [0.1, 0.15) is 46.0 Å². The van der Waals surface area contributed by atoms with Crippen molar-refractivity contribution >= 4 is 64.2 Å². The molecule has 5 atom stereocenters. The largest absolute Gasteiger partial charge is 0.457 e. The Morgan fingerprint density at radius 3 is 2.22 bits per heavy atom. The van der Waals surface area contributed by atoms with E-state index in [-0.39, 0.29) is 51.0 Å². The number of amides is 2. The number of carbonyl (C=O) groups excluding carboxylic acids is 3. The first-order valence-electron chi connectivity index (χ1n) is 12.7. The van der Waals surface area contributed by atoms with E-state index in [1.807, 2.05) is 30.3 Å². The number of nitrogens with zero attached hydrogens (tertiary/aromatic N) is 1. The van der Waals surface area contributed by atoms with Gasteiger partial charge in [0.1, 0.15) is 18.2 Å². The first kappa shape index (κ1) is 31.7. The van der Waals surface area contributed by atoms with E-state index >= 15 is 0 Å². The summed E-state index contributed by atoms with van der Waals surface area (Å²) in [5, 5.41) is 10.4. The molecule has 0 unspecified atom stereocenters. The molecule has 2 amide bonds. The average Bonchev–Trinajstić information content (AvgIpc) is 3.21. The first-order chi connectivity index (χ1) is 19.6. The Kier molecular flexibility index (Phi) is 10.7. The van der Waals surface area contributed by atoms with Crippen LogP contribution in [0.3, 0.4) is 0 Å². The van der Waals surface area contributed by atoms with Crippen LogP contribution >= 0.6 is 46.4 Å². The van der Waals surface area contributed by atoms with Crippen molar-refractivity contribution in [1.82, 2.24) is 4.90 Å². The molecule has 0 spiro atoms. The van der Waals surface area contributed by atoms with Crippen molar-refractivity contribution in [1.29, 1.82) is 0 Å². The average molecular weight is 647 g/mol. The molecule has 2 aliphatic rings. The Balaban J connectivity index is 1.68. The Morgan fingerprint density at radius 2 is 1.66 bits per heavy atom. The van der Waals surface area contributed by atoms with Crippen LogP contribution in [0.4, 0.5) is 0 Å². The van der Waals surface area contributed by atoms with Gasteiger partial charge >= 0.3 is 5.97 Å². The molecule has 0 aromatic heterocycles. The predicted molar refractivity (Wildman–Crippen MR) is 152 cm³/mol. The maximum absolute atomic E-state index is 13.7. The molecule has 41 heavy (non-hydrogen) atoms. The van der Waals surface area contributed by atoms with Crippen LogP contribution in [0.2, 0.25) is 20.1 Å². The number of ether oxygens (including phenoxy) is 4. The molecule has 1 saturated heterocycles. The summed E-state index contributed by atoms with van der Waals surface area (Å²) in [5.41, 5.74) is 0.346. The van der Waals surface area contributed by atoms with Gasteiger partial charge in [-0.25, -0.2) is 0 Å². The highest BCUT2D eigenvalue weighted by Crippen LogP contribution is 2.46. The lowest BCUT2D eigenvalue weighted by molar-refractivity contribution is -0.284. The second kappa shape index (κ2) is 13.8. The molecular formula is C28H27Cl4NO8. The lowest BCUT2D eigenvalue weighted by atomic mass is 9.95. The number of unbranched alkanes of at least 4 members (excludes halogenated alkanes) is 1. The lowest BCUT2D eigenvalue weighted by Gasteiger charge is -2.46. The predicted octanol–water partition coefficient (Wildman–Crippen LogP) is 5.48. The van der Waals surface area contributed by atoms with Gasteiger partial charge in [0.25, 0.3) is 11.8 Å². The number of rotatable bonds is 11. The van der Waals surface area contributed by atoms with Crippen LogP contribution in [-0.2, 0) is 30.3 Å². The minimum absolute atomic E-state index is 0.113. The molecule has 2 heterocycles. The van der Waals surface area contributed by atoms with Gasteiger partial charge in [0, 0.05) is 6.92 Å². The van der Waals surface area contributed by atoms with Crippen molar-refractivity contribution in [3.63, 3.8) is 0 Å². The van der Waals surface area contributed by atoms with E-state index in [9.17, 15) is 19.5 Å². The zero-order valence-electron chi connectivity index (χ0n) is 21.9. The quantitative estimate of drug-likeness (QED) is 0.0853. The molecular weight excluding hydrogens is 620 g/mol. The smallest absolute Gasteiger partial charge is 0.303 e. The molecule has 13 heteroatoms. The minimum Gasteiger partial charge on any atom is -0.457 e. The number of allylic oxidation sites excluding steroid dienone is 1. The maximum atomic E-state index is 13.7. The van der Waals surface area contributed by atoms with E-state index in [1.54, 1.807) is 6.08 Å². The number of hydrogen-bond donors (Lipinski definition) is 1. The van der Waals surface area contributed by atoms with Gasteiger partial charge in [0.05, 0.1) is 51.0 Å². The molecule has 1 fully saturated rings. The number of aliphatic hydroxyl groups is 1. The summed E-state index contributed by atoms with van der Waals surface area (Å²) in [6.45, 7) is 5.06. The van der Waals surface area contributed by atoms with Gasteiger partial charge < -0.3 is 24.1 Å². The second-order valence-corrected chi connectivity index (χ2v) is 10.9. The van der Waals surface area contributed by atoms with E-state index in [0.29, 0.717) is 12.8 Å². The van der Waals surface area contributed by atoms with Crippen molar-refractivity contribution in [2.75, 3.05) is 13.2 Å². The van der Waals surface area contributed by atoms with Crippen LogP contribution in [0.5, 0.6) is 0 Å². The normalized spacial score (nSPS) is 24.0. The number of hydrogen-bond acceptors (Lipinski definition) is 8. The van der Waals surface area contributed by atoms with Crippen LogP contribution in [-0.4, -0.2) is 71.6 Å². The van der Waals surface area contributed by atoms with Crippen molar-refractivity contribution < 1.29 is 38.4 Å². The highest BCUT2D eigenvalue weighted by Gasteiger charge is 2.56. The molecule has 4 rings (SSSR count). The summed E-state index contributed by atoms with van der Waals surface area (Å²) in [5.74, 6) is -2.56. The summed E-state index contributed by atoms with van der Waals surface area (Å²) in [7, 11) is 0. The number of fused-ring (bicyclic) bond motifs is 1. The van der Waals surface area contributed by atoms with E-state index in [0.717, 1.165) is 17.4 Å². The van der Waals surface area contributed by atoms with E-state index in [1.165, 1.54) is 0 Å². The first-order valence-corrected chi connectivity index (χ1v) is 14.2. The summed E-state index contributed by atoms with van der Waals surface area (Å²) in [4.78, 5) is 40.3. The van der Waals surface area contributed by atoms with Gasteiger partial charge in [-0.3, -0.25) is 19.3 Å². The number of carbonyl (C=O) groups is 3. The van der Waals surface area contributed by atoms with Gasteiger partial charge in [0.2, 0.25) is 0 Å². The van der Waals surface area contributed by atoms with Gasteiger partial charge in [-0.1, -0.05) is 82.8 Å². The third-order valence-electron chi connectivity index (χ3n) is 6.60. The third kappa shape index (κ3) is 6.58.